The molecule has 2 rings (SSSR count). The fourth-order valence-electron chi connectivity index (χ4n) is 1.26. The molecular formula is C11H9F3NO5S-. The van der Waals surface area contributed by atoms with Crippen molar-refractivity contribution in [3.8, 4) is 5.75 Å². The van der Waals surface area contributed by atoms with Gasteiger partial charge in [-0.2, -0.15) is 26.0 Å². The van der Waals surface area contributed by atoms with Crippen LogP contribution in [0.4, 0.5) is 13.2 Å². The van der Waals surface area contributed by atoms with Gasteiger partial charge in [-0.1, -0.05) is 12.1 Å². The molecule has 0 radical (unpaired) electrons. The van der Waals surface area contributed by atoms with Crippen LogP contribution in [0.25, 0.3) is 0 Å². The lowest BCUT2D eigenvalue weighted by Gasteiger charge is -2.12. The number of hydrogen-bond acceptors (Lipinski definition) is 5. The average molecular weight is 324 g/mol. The molecule has 0 amide bonds. The topological polar surface area (TPSA) is 91.3 Å². The number of nitrogens with zero attached hydrogens (tertiary/aromatic N) is 1. The Morgan fingerprint density at radius 2 is 1.95 bits per heavy atom. The van der Waals surface area contributed by atoms with Gasteiger partial charge in [-0.15, -0.1) is 0 Å². The number of sulfonamides is 1. The van der Waals surface area contributed by atoms with Crippen LogP contribution < -0.4 is 9.84 Å². The molecule has 0 saturated carbocycles. The summed E-state index contributed by atoms with van der Waals surface area (Å²) in [4.78, 5) is 0. The molecule has 0 bridgehead atoms. The molecule has 1 aliphatic rings. The lowest BCUT2D eigenvalue weighted by molar-refractivity contribution is -0.212. The van der Waals surface area contributed by atoms with Gasteiger partial charge >= 0.3 is 15.5 Å². The summed E-state index contributed by atoms with van der Waals surface area (Å²) in [7, 11) is -5.84. The van der Waals surface area contributed by atoms with Crippen LogP contribution in [0, 0.1) is 0 Å². The minimum Gasteiger partial charge on any atom is -0.858 e. The predicted molar refractivity (Wildman–Crippen MR) is 63.2 cm³/mol. The molecule has 1 unspecified atom stereocenters. The quantitative estimate of drug-likeness (QED) is 0.445. The van der Waals surface area contributed by atoms with Crippen molar-refractivity contribution < 1.29 is 36.2 Å². The first-order chi connectivity index (χ1) is 9.69. The van der Waals surface area contributed by atoms with E-state index in [1.54, 1.807) is 0 Å². The van der Waals surface area contributed by atoms with Crippen molar-refractivity contribution in [3.05, 3.63) is 29.8 Å². The van der Waals surface area contributed by atoms with Crippen molar-refractivity contribution in [1.29, 1.82) is 0 Å². The standard InChI is InChI=1S/C11H10F3NO5S/c12-11(13,14)21(17,18)15-10(16)7-1-3-8(4-2-7)19-5-9-6-20-9/h1-4,9H,5-6H2,(H,15,16)/p-1. The van der Waals surface area contributed by atoms with Gasteiger partial charge in [0.05, 0.1) is 6.61 Å². The zero-order valence-electron chi connectivity index (χ0n) is 10.3. The molecule has 1 aromatic rings. The second-order valence-corrected chi connectivity index (χ2v) is 5.70. The third-order valence-electron chi connectivity index (χ3n) is 2.44. The van der Waals surface area contributed by atoms with Crippen LogP contribution in [-0.4, -0.2) is 39.1 Å². The fraction of sp³-hybridized carbons (Fsp3) is 0.364. The molecule has 1 saturated heterocycles. The van der Waals surface area contributed by atoms with Crippen LogP contribution in [0.1, 0.15) is 5.56 Å². The molecule has 0 aliphatic carbocycles. The number of halogens is 3. The molecule has 6 nitrogen and oxygen atoms in total. The summed E-state index contributed by atoms with van der Waals surface area (Å²) in [6.07, 6.45) is 0.0261. The van der Waals surface area contributed by atoms with Crippen LogP contribution in [-0.2, 0) is 14.8 Å². The highest BCUT2D eigenvalue weighted by atomic mass is 32.2. The van der Waals surface area contributed by atoms with E-state index in [2.05, 4.69) is 4.40 Å². The number of hydrogen-bond donors (Lipinski definition) is 0. The van der Waals surface area contributed by atoms with E-state index in [1.807, 2.05) is 0 Å². The molecule has 0 spiro atoms. The molecular weight excluding hydrogens is 315 g/mol. The highest BCUT2D eigenvalue weighted by Crippen LogP contribution is 2.25. The van der Waals surface area contributed by atoms with E-state index < -0.39 is 21.4 Å². The Labute approximate surface area is 117 Å². The molecule has 1 fully saturated rings. The number of epoxide rings is 1. The van der Waals surface area contributed by atoms with Crippen molar-refractivity contribution in [2.45, 2.75) is 11.6 Å². The summed E-state index contributed by atoms with van der Waals surface area (Å²) in [6.45, 7) is 0.922. The first-order valence-electron chi connectivity index (χ1n) is 5.62. The van der Waals surface area contributed by atoms with E-state index in [4.69, 9.17) is 9.47 Å². The van der Waals surface area contributed by atoms with Crippen molar-refractivity contribution in [1.82, 2.24) is 0 Å². The van der Waals surface area contributed by atoms with Crippen LogP contribution in [0.2, 0.25) is 0 Å². The van der Waals surface area contributed by atoms with E-state index >= 15 is 0 Å². The highest BCUT2D eigenvalue weighted by Gasteiger charge is 2.45. The molecule has 1 aliphatic heterocycles. The predicted octanol–water partition coefficient (Wildman–Crippen LogP) is 0.421. The van der Waals surface area contributed by atoms with Crippen LogP contribution in [0.15, 0.2) is 28.7 Å². The Hall–Kier alpha value is -1.81. The molecule has 116 valence electrons. The van der Waals surface area contributed by atoms with E-state index in [9.17, 15) is 26.7 Å². The third-order valence-corrected chi connectivity index (χ3v) is 3.43. The normalized spacial score (nSPS) is 19.4. The third kappa shape index (κ3) is 4.08. The molecule has 1 atom stereocenters. The molecule has 0 N–H and O–H groups in total. The number of ether oxygens (including phenoxy) is 2. The summed E-state index contributed by atoms with van der Waals surface area (Å²) in [5.41, 5.74) is -5.89. The summed E-state index contributed by atoms with van der Waals surface area (Å²) >= 11 is 0. The summed E-state index contributed by atoms with van der Waals surface area (Å²) < 4.78 is 70.1. The number of alkyl halides is 3. The van der Waals surface area contributed by atoms with Crippen molar-refractivity contribution in [2.75, 3.05) is 13.2 Å². The van der Waals surface area contributed by atoms with Gasteiger partial charge in [0, 0.05) is 5.90 Å². The van der Waals surface area contributed by atoms with Gasteiger partial charge in [0.1, 0.15) is 18.5 Å². The number of rotatable bonds is 5. The van der Waals surface area contributed by atoms with Gasteiger partial charge < -0.3 is 14.6 Å². The van der Waals surface area contributed by atoms with Crippen LogP contribution >= 0.6 is 0 Å². The van der Waals surface area contributed by atoms with Gasteiger partial charge in [-0.3, -0.25) is 0 Å². The first kappa shape index (κ1) is 15.6. The van der Waals surface area contributed by atoms with E-state index in [1.165, 1.54) is 12.1 Å². The first-order valence-corrected chi connectivity index (χ1v) is 7.06. The lowest BCUT2D eigenvalue weighted by Crippen LogP contribution is -2.27. The van der Waals surface area contributed by atoms with Gasteiger partial charge in [-0.05, 0) is 17.7 Å². The van der Waals surface area contributed by atoms with Gasteiger partial charge in [0.15, 0.2) is 0 Å². The maximum absolute atomic E-state index is 12.1. The molecule has 10 heteroatoms. The highest BCUT2D eigenvalue weighted by molar-refractivity contribution is 7.91. The Bertz CT molecular complexity index is 635. The lowest BCUT2D eigenvalue weighted by atomic mass is 10.2. The summed E-state index contributed by atoms with van der Waals surface area (Å²) in [5, 5.41) is 11.4. The van der Waals surface area contributed by atoms with Crippen LogP contribution in [0.5, 0.6) is 5.75 Å². The second-order valence-electron chi connectivity index (χ2n) is 4.11. The molecule has 21 heavy (non-hydrogen) atoms. The van der Waals surface area contributed by atoms with Crippen molar-refractivity contribution in [2.24, 2.45) is 4.40 Å². The number of benzene rings is 1. The van der Waals surface area contributed by atoms with Gasteiger partial charge in [-0.25, -0.2) is 0 Å². The molecule has 0 aromatic heterocycles. The monoisotopic (exact) mass is 324 g/mol. The van der Waals surface area contributed by atoms with Crippen LogP contribution in [0.3, 0.4) is 0 Å². The average Bonchev–Trinajstić information content (AvgIpc) is 3.19. The maximum atomic E-state index is 12.1. The van der Waals surface area contributed by atoms with E-state index in [0.29, 0.717) is 19.0 Å². The van der Waals surface area contributed by atoms with Gasteiger partial charge in [0.25, 0.3) is 0 Å². The van der Waals surface area contributed by atoms with Crippen molar-refractivity contribution >= 4 is 15.9 Å². The smallest absolute Gasteiger partial charge is 0.518 e. The van der Waals surface area contributed by atoms with E-state index in [0.717, 1.165) is 12.1 Å². The second kappa shape index (κ2) is 5.53. The minimum atomic E-state index is -5.84. The van der Waals surface area contributed by atoms with Gasteiger partial charge in [0.2, 0.25) is 0 Å². The van der Waals surface area contributed by atoms with E-state index in [-0.39, 0.29) is 11.7 Å². The SMILES string of the molecule is O=S(=O)(/N=C(\[O-])c1ccc(OCC2CO2)cc1)C(F)(F)F. The summed E-state index contributed by atoms with van der Waals surface area (Å²) in [5.74, 6) is -1.12. The van der Waals surface area contributed by atoms with Crippen molar-refractivity contribution in [3.63, 3.8) is 0 Å². The zero-order chi connectivity index (χ0) is 15.7. The fourth-order valence-corrected chi connectivity index (χ4v) is 1.69. The largest absolute Gasteiger partial charge is 0.858 e. The zero-order valence-corrected chi connectivity index (χ0v) is 11.1. The maximum Gasteiger partial charge on any atom is 0.518 e. The Balaban J connectivity index is 2.10. The minimum absolute atomic E-state index is 0.0261. The summed E-state index contributed by atoms with van der Waals surface area (Å²) in [6, 6.07) is 4.90. The Morgan fingerprint density at radius 1 is 1.38 bits per heavy atom. The molecule has 1 heterocycles. The Morgan fingerprint density at radius 3 is 2.43 bits per heavy atom. The Kier molecular flexibility index (Phi) is 4.10. The molecule has 1 aromatic carbocycles.